The summed E-state index contributed by atoms with van der Waals surface area (Å²) in [5.74, 6) is 0.752. The standard InChI is InChI=1S/C23H46O4.C19H38O6.C19H34O2.C4H8O/c1-7-8-12-15-21(25-4)19(2)18-20(3)22(26-5)16-13-10-9-11-14-17-23(24)27-6;1-3-4-8-11-15(20)17(22)14-18(23)16(21)12-9-6-5-7-10-13-19(24)25-2;1-3-4-5-6-7-8-9-10-11-12-13-14-15-16-17-18-19(20)21-2;1-2-4-5-3-1/h19-22H,7-18H2,1-6H3;15-18,20-23H,3-14H2,1-2H3;7-8,10-11H,3-6,9,12-18H2,1-2H3;1-4H2/b;;8-7+,11-10-;. The van der Waals surface area contributed by atoms with Gasteiger partial charge < -0.3 is 48.8 Å². The van der Waals surface area contributed by atoms with E-state index >= 15 is 0 Å². The molecule has 0 saturated carbocycles. The molecule has 0 spiro atoms. The zero-order valence-corrected chi connectivity index (χ0v) is 52.2. The Morgan fingerprint density at radius 2 is 0.731 bits per heavy atom. The molecule has 0 radical (unpaired) electrons. The van der Waals surface area contributed by atoms with Crippen molar-refractivity contribution in [3.63, 3.8) is 0 Å². The lowest BCUT2D eigenvalue weighted by Crippen LogP contribution is -2.35. The van der Waals surface area contributed by atoms with Gasteiger partial charge >= 0.3 is 17.9 Å². The number of aliphatic hydroxyl groups is 4. The number of ether oxygens (including phenoxy) is 6. The molecule has 0 aromatic carbocycles. The second-order valence-corrected chi connectivity index (χ2v) is 21.9. The van der Waals surface area contributed by atoms with Crippen LogP contribution in [0.5, 0.6) is 0 Å². The van der Waals surface area contributed by atoms with Crippen LogP contribution < -0.4 is 0 Å². The Labute approximate surface area is 479 Å². The summed E-state index contributed by atoms with van der Waals surface area (Å²) < 4.78 is 30.4. The minimum Gasteiger partial charge on any atom is -0.469 e. The van der Waals surface area contributed by atoms with E-state index in [0.717, 1.165) is 110 Å². The minimum atomic E-state index is -1.02. The van der Waals surface area contributed by atoms with Gasteiger partial charge in [-0.1, -0.05) is 181 Å². The molecule has 8 atom stereocenters. The van der Waals surface area contributed by atoms with Crippen molar-refractivity contribution < 1.29 is 63.2 Å². The van der Waals surface area contributed by atoms with Crippen LogP contribution in [0.3, 0.4) is 0 Å². The first-order valence-corrected chi connectivity index (χ1v) is 31.6. The van der Waals surface area contributed by atoms with Gasteiger partial charge in [0, 0.05) is 53.1 Å². The van der Waals surface area contributed by atoms with Gasteiger partial charge in [0.25, 0.3) is 0 Å². The van der Waals surface area contributed by atoms with Crippen molar-refractivity contribution in [3.05, 3.63) is 24.3 Å². The Morgan fingerprint density at radius 1 is 0.410 bits per heavy atom. The van der Waals surface area contributed by atoms with E-state index in [4.69, 9.17) is 14.2 Å². The quantitative estimate of drug-likeness (QED) is 0.0195. The van der Waals surface area contributed by atoms with Gasteiger partial charge in [-0.2, -0.15) is 0 Å². The Bertz CT molecular complexity index is 1320. The predicted octanol–water partition coefficient (Wildman–Crippen LogP) is 15.2. The van der Waals surface area contributed by atoms with Crippen LogP contribution in [-0.2, 0) is 42.8 Å². The normalized spacial score (nSPS) is 15.4. The average Bonchev–Trinajstić information content (AvgIpc) is 4.04. The van der Waals surface area contributed by atoms with E-state index < -0.39 is 24.4 Å². The molecule has 8 unspecified atom stereocenters. The van der Waals surface area contributed by atoms with Crippen molar-refractivity contribution in [2.75, 3.05) is 48.8 Å². The first kappa shape index (κ1) is 79.8. The van der Waals surface area contributed by atoms with Gasteiger partial charge in [-0.3, -0.25) is 14.4 Å². The summed E-state index contributed by atoms with van der Waals surface area (Å²) in [6.45, 7) is 13.2. The highest BCUT2D eigenvalue weighted by atomic mass is 16.5. The number of carbonyl (C=O) groups is 3. The van der Waals surface area contributed by atoms with Crippen LogP contribution in [0, 0.1) is 11.8 Å². The van der Waals surface area contributed by atoms with Gasteiger partial charge in [0.05, 0.1) is 58.0 Å². The van der Waals surface area contributed by atoms with E-state index in [0.29, 0.717) is 56.1 Å². The molecule has 1 aliphatic heterocycles. The van der Waals surface area contributed by atoms with E-state index in [1.54, 1.807) is 0 Å². The van der Waals surface area contributed by atoms with Crippen LogP contribution >= 0.6 is 0 Å². The molecular formula is C65H126O13. The molecule has 4 N–H and O–H groups in total. The molecule has 0 aromatic rings. The highest BCUT2D eigenvalue weighted by molar-refractivity contribution is 5.69. The molecule has 1 rings (SSSR count). The Balaban J connectivity index is -0.00000104. The number of esters is 3. The van der Waals surface area contributed by atoms with Crippen molar-refractivity contribution in [2.24, 2.45) is 11.8 Å². The zero-order valence-electron chi connectivity index (χ0n) is 52.2. The summed E-state index contributed by atoms with van der Waals surface area (Å²) >= 11 is 0. The number of carbonyl (C=O) groups excluding carboxylic acids is 3. The fraction of sp³-hybridized carbons (Fsp3) is 0.892. The SMILES string of the molecule is C1CCOC1.CCCCC/C=C/C/C=C\CCCCCCCC(=O)OC.CCCCCC(O)C(O)CC(O)C(O)CCCCCCCC(=O)OC.CCCCCC(OC)C(C)CC(C)C(CCCCCCCC(=O)OC)OC. The first-order chi connectivity index (χ1) is 37.7. The van der Waals surface area contributed by atoms with Crippen molar-refractivity contribution in [1.82, 2.24) is 0 Å². The molecule has 13 nitrogen and oxygen atoms in total. The average molecular weight is 1120 g/mol. The molecule has 464 valence electrons. The molecule has 13 heteroatoms. The van der Waals surface area contributed by atoms with Crippen molar-refractivity contribution in [1.29, 1.82) is 0 Å². The van der Waals surface area contributed by atoms with Crippen LogP contribution in [0.1, 0.15) is 279 Å². The lowest BCUT2D eigenvalue weighted by atomic mass is 9.86. The Kier molecular flexibility index (Phi) is 63.7. The van der Waals surface area contributed by atoms with Crippen molar-refractivity contribution >= 4 is 17.9 Å². The van der Waals surface area contributed by atoms with Crippen molar-refractivity contribution in [2.45, 2.75) is 315 Å². The summed E-state index contributed by atoms with van der Waals surface area (Å²) in [7, 11) is 7.99. The van der Waals surface area contributed by atoms with Crippen LogP contribution in [0.25, 0.3) is 0 Å². The lowest BCUT2D eigenvalue weighted by molar-refractivity contribution is -0.141. The third-order valence-corrected chi connectivity index (χ3v) is 14.8. The summed E-state index contributed by atoms with van der Waals surface area (Å²) in [6.07, 6.45) is 44.7. The summed E-state index contributed by atoms with van der Waals surface area (Å²) in [5.41, 5.74) is 0. The molecule has 1 saturated heterocycles. The van der Waals surface area contributed by atoms with Gasteiger partial charge in [0.15, 0.2) is 0 Å². The van der Waals surface area contributed by atoms with E-state index in [1.807, 2.05) is 14.2 Å². The van der Waals surface area contributed by atoms with Gasteiger partial charge in [-0.25, -0.2) is 0 Å². The van der Waals surface area contributed by atoms with Crippen LogP contribution in [0.4, 0.5) is 0 Å². The van der Waals surface area contributed by atoms with E-state index in [9.17, 15) is 34.8 Å². The predicted molar refractivity (Wildman–Crippen MR) is 322 cm³/mol. The summed E-state index contributed by atoms with van der Waals surface area (Å²) in [6, 6.07) is 0. The topological polar surface area (TPSA) is 188 Å². The molecule has 1 heterocycles. The van der Waals surface area contributed by atoms with E-state index in [1.165, 1.54) is 130 Å². The molecular weight excluding hydrogens is 989 g/mol. The molecule has 0 amide bonds. The van der Waals surface area contributed by atoms with Crippen LogP contribution in [0.15, 0.2) is 24.3 Å². The van der Waals surface area contributed by atoms with Crippen LogP contribution in [0.2, 0.25) is 0 Å². The van der Waals surface area contributed by atoms with Gasteiger partial charge in [0.2, 0.25) is 0 Å². The Morgan fingerprint density at radius 3 is 1.09 bits per heavy atom. The maximum Gasteiger partial charge on any atom is 0.305 e. The number of hydrogen-bond donors (Lipinski definition) is 4. The third-order valence-electron chi connectivity index (χ3n) is 14.8. The molecule has 0 aromatic heterocycles. The first-order valence-electron chi connectivity index (χ1n) is 31.6. The lowest BCUT2D eigenvalue weighted by Gasteiger charge is -2.29. The number of rotatable bonds is 48. The van der Waals surface area contributed by atoms with E-state index in [2.05, 4.69) is 73.1 Å². The van der Waals surface area contributed by atoms with Crippen molar-refractivity contribution in [3.8, 4) is 0 Å². The zero-order chi connectivity index (χ0) is 58.7. The van der Waals surface area contributed by atoms with Gasteiger partial charge in [0.1, 0.15) is 0 Å². The number of methoxy groups -OCH3 is 5. The monoisotopic (exact) mass is 1110 g/mol. The molecule has 0 bridgehead atoms. The largest absolute Gasteiger partial charge is 0.469 e. The number of unbranched alkanes of at least 4 members (excludes halogenated alkanes) is 20. The van der Waals surface area contributed by atoms with Crippen LogP contribution in [-0.4, -0.2) is 124 Å². The van der Waals surface area contributed by atoms with E-state index in [-0.39, 0.29) is 24.3 Å². The third kappa shape index (κ3) is 55.5. The Hall–Kier alpha value is -2.39. The number of aliphatic hydroxyl groups excluding tert-OH is 4. The highest BCUT2D eigenvalue weighted by Gasteiger charge is 2.25. The fourth-order valence-corrected chi connectivity index (χ4v) is 9.50. The molecule has 1 aliphatic rings. The summed E-state index contributed by atoms with van der Waals surface area (Å²) in [5, 5.41) is 39.7. The second-order valence-electron chi connectivity index (χ2n) is 21.9. The molecule has 0 aliphatic carbocycles. The minimum absolute atomic E-state index is 0.00636. The smallest absolute Gasteiger partial charge is 0.305 e. The second kappa shape index (κ2) is 62.2. The number of allylic oxidation sites excluding steroid dienone is 4. The molecule has 78 heavy (non-hydrogen) atoms. The number of hydrogen-bond acceptors (Lipinski definition) is 13. The maximum absolute atomic E-state index is 11.1. The van der Waals surface area contributed by atoms with Gasteiger partial charge in [-0.05, 0) is 108 Å². The summed E-state index contributed by atoms with van der Waals surface area (Å²) in [4.78, 5) is 32.9. The maximum atomic E-state index is 11.1. The fourth-order valence-electron chi connectivity index (χ4n) is 9.50. The highest BCUT2D eigenvalue weighted by Crippen LogP contribution is 2.27. The molecule has 1 fully saturated rings. The van der Waals surface area contributed by atoms with Gasteiger partial charge in [-0.15, -0.1) is 0 Å².